The average Bonchev–Trinajstić information content (AvgIpc) is 3.39. The van der Waals surface area contributed by atoms with E-state index >= 15 is 0 Å². The van der Waals surface area contributed by atoms with Gasteiger partial charge in [0.1, 0.15) is 30.1 Å². The second kappa shape index (κ2) is 10.6. The van der Waals surface area contributed by atoms with Gasteiger partial charge < -0.3 is 34.2 Å². The van der Waals surface area contributed by atoms with E-state index in [2.05, 4.69) is 6.07 Å². The van der Waals surface area contributed by atoms with Gasteiger partial charge in [-0.1, -0.05) is 60.7 Å². The van der Waals surface area contributed by atoms with E-state index in [9.17, 15) is 10.1 Å². The molecule has 2 aromatic carbocycles. The maximum Gasteiger partial charge on any atom is 0.338 e. The lowest BCUT2D eigenvalue weighted by Crippen LogP contribution is -2.44. The summed E-state index contributed by atoms with van der Waals surface area (Å²) < 4.78 is 36.3. The third-order valence-electron chi connectivity index (χ3n) is 6.64. The number of esters is 1. The Kier molecular flexibility index (Phi) is 7.23. The number of benzene rings is 2. The van der Waals surface area contributed by atoms with E-state index < -0.39 is 42.3 Å². The van der Waals surface area contributed by atoms with Crippen LogP contribution in [0.4, 0.5) is 0 Å². The molecule has 9 nitrogen and oxygen atoms in total. The molecule has 0 radical (unpaired) electrons. The van der Waals surface area contributed by atoms with Gasteiger partial charge in [-0.05, 0) is 26.3 Å². The molecular weight excluding hydrogens is 488 g/mol. The van der Waals surface area contributed by atoms with Gasteiger partial charge in [-0.25, -0.2) is 4.79 Å². The van der Waals surface area contributed by atoms with Gasteiger partial charge >= 0.3 is 5.97 Å². The molecule has 2 aromatic rings. The number of carbonyl (C=O) groups is 1. The predicted molar refractivity (Wildman–Crippen MR) is 135 cm³/mol. The molecule has 0 aromatic heterocycles. The number of fused-ring (bicyclic) bond motifs is 1. The van der Waals surface area contributed by atoms with Gasteiger partial charge in [-0.15, -0.1) is 0 Å². The minimum atomic E-state index is -0.954. The zero-order valence-electron chi connectivity index (χ0n) is 21.5. The van der Waals surface area contributed by atoms with Crippen LogP contribution in [0.1, 0.15) is 31.9 Å². The molecule has 9 heteroatoms. The van der Waals surface area contributed by atoms with Crippen molar-refractivity contribution in [3.8, 4) is 6.07 Å². The zero-order valence-corrected chi connectivity index (χ0v) is 21.5. The van der Waals surface area contributed by atoms with Crippen molar-refractivity contribution in [2.24, 2.45) is 11.7 Å². The Bertz CT molecular complexity index is 1280. The van der Waals surface area contributed by atoms with E-state index in [1.54, 1.807) is 32.9 Å². The van der Waals surface area contributed by atoms with E-state index in [1.165, 1.54) is 0 Å². The van der Waals surface area contributed by atoms with Crippen LogP contribution in [-0.4, -0.2) is 43.0 Å². The second-order valence-corrected chi connectivity index (χ2v) is 9.63. The first-order valence-corrected chi connectivity index (χ1v) is 12.5. The molecule has 5 rings (SSSR count). The molecule has 0 saturated carbocycles. The molecule has 38 heavy (non-hydrogen) atoms. The summed E-state index contributed by atoms with van der Waals surface area (Å²) in [5, 5.41) is 10.2. The fourth-order valence-electron chi connectivity index (χ4n) is 5.07. The van der Waals surface area contributed by atoms with Crippen molar-refractivity contribution in [2.75, 3.05) is 6.61 Å². The van der Waals surface area contributed by atoms with Gasteiger partial charge in [-0.2, -0.15) is 5.26 Å². The van der Waals surface area contributed by atoms with Crippen molar-refractivity contribution in [2.45, 2.75) is 57.8 Å². The Labute approximate surface area is 221 Å². The van der Waals surface area contributed by atoms with Crippen molar-refractivity contribution in [3.05, 3.63) is 88.8 Å². The standard InChI is InChI=1S/C29H30N2O7/c1-4-33-27(32)21-20(19(15-30)26(31)35-22(21)18-13-9-6-10-14-18)23-24(34-16-17-11-7-5-8-12-17)25-28(36-23)38-29(2,3)37-25/h5-14,20,23-25,28H,4,16,31H2,1-3H3/t20-,23-,24+,25-,28-/m1/s1. The Morgan fingerprint density at radius 2 is 1.74 bits per heavy atom. The van der Waals surface area contributed by atoms with Gasteiger partial charge in [0.05, 0.1) is 30.3 Å². The van der Waals surface area contributed by atoms with Crippen molar-refractivity contribution >= 4 is 11.7 Å². The normalized spacial score (nSPS) is 28.0. The van der Waals surface area contributed by atoms with Crippen molar-refractivity contribution in [1.82, 2.24) is 0 Å². The summed E-state index contributed by atoms with van der Waals surface area (Å²) >= 11 is 0. The van der Waals surface area contributed by atoms with Crippen molar-refractivity contribution < 1.29 is 33.2 Å². The van der Waals surface area contributed by atoms with Crippen LogP contribution in [0.25, 0.3) is 5.76 Å². The number of hydrogen-bond donors (Lipinski definition) is 1. The number of nitrogens with two attached hydrogens (primary N) is 1. The molecular formula is C29H30N2O7. The van der Waals surface area contributed by atoms with Crippen LogP contribution in [0.5, 0.6) is 0 Å². The summed E-state index contributed by atoms with van der Waals surface area (Å²) in [5.41, 5.74) is 7.99. The number of nitriles is 1. The Morgan fingerprint density at radius 1 is 1.05 bits per heavy atom. The largest absolute Gasteiger partial charge is 0.463 e. The molecule has 2 N–H and O–H groups in total. The molecule has 198 valence electrons. The molecule has 0 amide bonds. The van der Waals surface area contributed by atoms with Gasteiger partial charge in [0, 0.05) is 5.56 Å². The maximum atomic E-state index is 13.5. The highest BCUT2D eigenvalue weighted by atomic mass is 16.8. The monoisotopic (exact) mass is 518 g/mol. The van der Waals surface area contributed by atoms with Crippen LogP contribution in [0.15, 0.2) is 77.7 Å². The maximum absolute atomic E-state index is 13.5. The summed E-state index contributed by atoms with van der Waals surface area (Å²) in [6.07, 6.45) is -2.95. The highest BCUT2D eigenvalue weighted by Crippen LogP contribution is 2.47. The van der Waals surface area contributed by atoms with Gasteiger partial charge in [0.2, 0.25) is 5.88 Å². The molecule has 3 aliphatic heterocycles. The summed E-state index contributed by atoms with van der Waals surface area (Å²) in [5.74, 6) is -2.40. The smallest absolute Gasteiger partial charge is 0.338 e. The summed E-state index contributed by atoms with van der Waals surface area (Å²) in [7, 11) is 0. The van der Waals surface area contributed by atoms with Gasteiger partial charge in [0.25, 0.3) is 0 Å². The minimum Gasteiger partial charge on any atom is -0.463 e. The predicted octanol–water partition coefficient (Wildman–Crippen LogP) is 3.76. The molecule has 0 spiro atoms. The average molecular weight is 519 g/mol. The van der Waals surface area contributed by atoms with Crippen molar-refractivity contribution in [1.29, 1.82) is 5.26 Å². The lowest BCUT2D eigenvalue weighted by Gasteiger charge is -2.34. The van der Waals surface area contributed by atoms with Gasteiger partial charge in [-0.3, -0.25) is 0 Å². The number of nitrogens with zero attached hydrogens (tertiary/aromatic N) is 1. The number of hydrogen-bond acceptors (Lipinski definition) is 9. The molecule has 2 fully saturated rings. The van der Waals surface area contributed by atoms with Crippen molar-refractivity contribution in [3.63, 3.8) is 0 Å². The third-order valence-corrected chi connectivity index (χ3v) is 6.64. The summed E-state index contributed by atoms with van der Waals surface area (Å²) in [6, 6.07) is 20.8. The molecule has 3 aliphatic rings. The first-order chi connectivity index (χ1) is 18.3. The van der Waals surface area contributed by atoms with Gasteiger partial charge in [0.15, 0.2) is 12.1 Å². The van der Waals surface area contributed by atoms with E-state index in [0.717, 1.165) is 5.56 Å². The molecule has 2 saturated heterocycles. The topological polar surface area (TPSA) is 122 Å². The fourth-order valence-corrected chi connectivity index (χ4v) is 5.07. The van der Waals surface area contributed by atoms with Crippen LogP contribution >= 0.6 is 0 Å². The highest BCUT2D eigenvalue weighted by Gasteiger charge is 2.59. The first-order valence-electron chi connectivity index (χ1n) is 12.5. The minimum absolute atomic E-state index is 0.0466. The van der Waals surface area contributed by atoms with E-state index in [4.69, 9.17) is 34.2 Å². The second-order valence-electron chi connectivity index (χ2n) is 9.63. The molecule has 3 heterocycles. The van der Waals surface area contributed by atoms with Crippen LogP contribution in [0.2, 0.25) is 0 Å². The molecule has 0 bridgehead atoms. The van der Waals surface area contributed by atoms with Crippen LogP contribution < -0.4 is 5.73 Å². The summed E-state index contributed by atoms with van der Waals surface area (Å²) in [6.45, 7) is 5.68. The summed E-state index contributed by atoms with van der Waals surface area (Å²) in [4.78, 5) is 13.5. The van der Waals surface area contributed by atoms with E-state index in [-0.39, 0.29) is 36.0 Å². The molecule has 5 atom stereocenters. The lowest BCUT2D eigenvalue weighted by atomic mass is 9.81. The third kappa shape index (κ3) is 4.91. The molecule has 0 unspecified atom stereocenters. The van der Waals surface area contributed by atoms with Crippen LogP contribution in [0, 0.1) is 17.2 Å². The number of ether oxygens (including phenoxy) is 6. The Balaban J connectivity index is 1.60. The quantitative estimate of drug-likeness (QED) is 0.546. The number of carbonyl (C=O) groups excluding carboxylic acids is 1. The highest BCUT2D eigenvalue weighted by molar-refractivity contribution is 5.98. The van der Waals surface area contributed by atoms with Crippen LogP contribution in [-0.2, 0) is 39.8 Å². The Morgan fingerprint density at radius 3 is 2.39 bits per heavy atom. The van der Waals surface area contributed by atoms with Crippen LogP contribution in [0.3, 0.4) is 0 Å². The molecule has 0 aliphatic carbocycles. The first kappa shape index (κ1) is 25.9. The Hall–Kier alpha value is -3.68. The van der Waals surface area contributed by atoms with E-state index in [0.29, 0.717) is 5.56 Å². The van der Waals surface area contributed by atoms with E-state index in [1.807, 2.05) is 48.5 Å². The zero-order chi connectivity index (χ0) is 26.9. The fraction of sp³-hybridized carbons (Fsp3) is 0.379. The SMILES string of the molecule is CCOC(=O)C1=C(c2ccccc2)OC(N)=C(C#N)[C@H]1[C@H]1O[C@@H]2OC(C)(C)O[C@@H]2[C@H]1OCc1ccccc1. The lowest BCUT2D eigenvalue weighted by molar-refractivity contribution is -0.222. The number of rotatable bonds is 7.